The minimum Gasteiger partial charge on any atom is -0.444 e. The molecule has 1 aromatic rings. The van der Waals surface area contributed by atoms with Crippen molar-refractivity contribution in [2.45, 2.75) is 59.1 Å². The van der Waals surface area contributed by atoms with E-state index in [1.165, 1.54) is 37.1 Å². The maximum absolute atomic E-state index is 11.6. The molecule has 1 atom stereocenters. The van der Waals surface area contributed by atoms with Crippen molar-refractivity contribution >= 4 is 6.09 Å². The van der Waals surface area contributed by atoms with Gasteiger partial charge in [-0.3, -0.25) is 4.90 Å². The Morgan fingerprint density at radius 1 is 1.29 bits per heavy atom. The molecule has 1 heterocycles. The smallest absolute Gasteiger partial charge is 0.407 e. The number of hydrogen-bond donors (Lipinski definition) is 1. The van der Waals surface area contributed by atoms with Crippen molar-refractivity contribution in [2.24, 2.45) is 5.92 Å². The molecule has 1 amide bonds. The first-order valence-electron chi connectivity index (χ1n) is 9.06. The fourth-order valence-electron chi connectivity index (χ4n) is 3.14. The highest BCUT2D eigenvalue weighted by atomic mass is 16.6. The number of aryl methyl sites for hydroxylation is 1. The minimum atomic E-state index is -0.425. The predicted octanol–water partition coefficient (Wildman–Crippen LogP) is 4.12. The Morgan fingerprint density at radius 3 is 2.67 bits per heavy atom. The normalized spacial score (nSPS) is 18.6. The number of likely N-dealkylation sites (tertiary alicyclic amines) is 1. The molecule has 2 rings (SSSR count). The van der Waals surface area contributed by atoms with E-state index in [-0.39, 0.29) is 6.09 Å². The van der Waals surface area contributed by atoms with E-state index in [0.717, 1.165) is 18.9 Å². The Morgan fingerprint density at radius 2 is 2.00 bits per heavy atom. The van der Waals surface area contributed by atoms with Gasteiger partial charge in [-0.25, -0.2) is 4.79 Å². The van der Waals surface area contributed by atoms with Gasteiger partial charge in [-0.2, -0.15) is 0 Å². The molecular weight excluding hydrogens is 300 g/mol. The molecule has 1 aliphatic rings. The first-order chi connectivity index (χ1) is 11.3. The van der Waals surface area contributed by atoms with E-state index in [2.05, 4.69) is 41.4 Å². The van der Waals surface area contributed by atoms with Gasteiger partial charge in [0.2, 0.25) is 0 Å². The summed E-state index contributed by atoms with van der Waals surface area (Å²) in [6, 6.07) is 8.83. The number of nitrogens with one attached hydrogen (secondary N) is 1. The number of benzene rings is 1. The summed E-state index contributed by atoms with van der Waals surface area (Å²) in [6.07, 6.45) is 3.13. The summed E-state index contributed by atoms with van der Waals surface area (Å²) in [6.45, 7) is 11.9. The molecule has 1 aliphatic heterocycles. The lowest BCUT2D eigenvalue weighted by Crippen LogP contribution is -2.33. The second-order valence-electron chi connectivity index (χ2n) is 7.95. The van der Waals surface area contributed by atoms with Crippen LogP contribution in [0, 0.1) is 12.8 Å². The van der Waals surface area contributed by atoms with Crippen LogP contribution in [0.4, 0.5) is 4.79 Å². The molecule has 0 bridgehead atoms. The molecule has 4 nitrogen and oxygen atoms in total. The standard InChI is InChI=1S/C20H32N2O2/c1-16-7-9-18(10-8-16)15-22-13-11-17(14-22)6-5-12-21-19(23)24-20(2,3)4/h7-10,17H,5-6,11-15H2,1-4H3,(H,21,23). The van der Waals surface area contributed by atoms with Gasteiger partial charge < -0.3 is 10.1 Å². The fraction of sp³-hybridized carbons (Fsp3) is 0.650. The number of carbonyl (C=O) groups is 1. The van der Waals surface area contributed by atoms with Crippen LogP contribution in [0.2, 0.25) is 0 Å². The van der Waals surface area contributed by atoms with E-state index in [1.807, 2.05) is 20.8 Å². The molecule has 0 saturated carbocycles. The quantitative estimate of drug-likeness (QED) is 0.797. The number of amides is 1. The van der Waals surface area contributed by atoms with Gasteiger partial charge in [-0.05, 0) is 65.0 Å². The molecule has 134 valence electrons. The predicted molar refractivity (Wildman–Crippen MR) is 98.0 cm³/mol. The highest BCUT2D eigenvalue weighted by Crippen LogP contribution is 2.22. The molecule has 0 aliphatic carbocycles. The highest BCUT2D eigenvalue weighted by Gasteiger charge is 2.22. The van der Waals surface area contributed by atoms with Crippen LogP contribution >= 0.6 is 0 Å². The Labute approximate surface area is 146 Å². The first-order valence-corrected chi connectivity index (χ1v) is 9.06. The largest absolute Gasteiger partial charge is 0.444 e. The second kappa shape index (κ2) is 8.52. The average molecular weight is 332 g/mol. The molecular formula is C20H32N2O2. The van der Waals surface area contributed by atoms with Crippen LogP contribution in [-0.4, -0.2) is 36.2 Å². The maximum Gasteiger partial charge on any atom is 0.407 e. The van der Waals surface area contributed by atoms with E-state index < -0.39 is 5.60 Å². The van der Waals surface area contributed by atoms with E-state index in [1.54, 1.807) is 0 Å². The van der Waals surface area contributed by atoms with Gasteiger partial charge in [0, 0.05) is 19.6 Å². The Kier molecular flexibility index (Phi) is 6.67. The molecule has 24 heavy (non-hydrogen) atoms. The molecule has 1 N–H and O–H groups in total. The molecule has 1 aromatic carbocycles. The number of carbonyl (C=O) groups excluding carboxylic acids is 1. The lowest BCUT2D eigenvalue weighted by molar-refractivity contribution is 0.0526. The van der Waals surface area contributed by atoms with E-state index in [9.17, 15) is 4.79 Å². The monoisotopic (exact) mass is 332 g/mol. The van der Waals surface area contributed by atoms with Crippen molar-refractivity contribution in [3.05, 3.63) is 35.4 Å². The number of hydrogen-bond acceptors (Lipinski definition) is 3. The van der Waals surface area contributed by atoms with Crippen LogP contribution in [0.1, 0.15) is 51.2 Å². The van der Waals surface area contributed by atoms with E-state index in [4.69, 9.17) is 4.74 Å². The summed E-state index contributed by atoms with van der Waals surface area (Å²) in [4.78, 5) is 14.1. The highest BCUT2D eigenvalue weighted by molar-refractivity contribution is 5.67. The average Bonchev–Trinajstić information content (AvgIpc) is 2.92. The summed E-state index contributed by atoms with van der Waals surface area (Å²) >= 11 is 0. The van der Waals surface area contributed by atoms with Crippen LogP contribution in [0.5, 0.6) is 0 Å². The Bertz CT molecular complexity index is 519. The van der Waals surface area contributed by atoms with E-state index in [0.29, 0.717) is 6.54 Å². The summed E-state index contributed by atoms with van der Waals surface area (Å²) in [5.74, 6) is 0.746. The van der Waals surface area contributed by atoms with Gasteiger partial charge in [0.25, 0.3) is 0 Å². The van der Waals surface area contributed by atoms with Gasteiger partial charge >= 0.3 is 6.09 Å². The molecule has 1 saturated heterocycles. The fourth-order valence-corrected chi connectivity index (χ4v) is 3.14. The molecule has 0 aromatic heterocycles. The van der Waals surface area contributed by atoms with Crippen LogP contribution < -0.4 is 5.32 Å². The van der Waals surface area contributed by atoms with E-state index >= 15 is 0 Å². The van der Waals surface area contributed by atoms with Crippen molar-refractivity contribution in [3.8, 4) is 0 Å². The Hall–Kier alpha value is -1.55. The topological polar surface area (TPSA) is 41.6 Å². The minimum absolute atomic E-state index is 0.310. The van der Waals surface area contributed by atoms with Gasteiger partial charge in [0.05, 0.1) is 0 Å². The number of nitrogens with zero attached hydrogens (tertiary/aromatic N) is 1. The molecule has 1 unspecified atom stereocenters. The van der Waals surface area contributed by atoms with Gasteiger partial charge in [0.1, 0.15) is 5.60 Å². The van der Waals surface area contributed by atoms with Crippen LogP contribution in [0.15, 0.2) is 24.3 Å². The SMILES string of the molecule is Cc1ccc(CN2CCC(CCCNC(=O)OC(C)(C)C)C2)cc1. The van der Waals surface area contributed by atoms with Gasteiger partial charge in [-0.15, -0.1) is 0 Å². The lowest BCUT2D eigenvalue weighted by atomic mass is 10.0. The molecule has 1 fully saturated rings. The second-order valence-corrected chi connectivity index (χ2v) is 7.95. The summed E-state index contributed by atoms with van der Waals surface area (Å²) in [5, 5.41) is 2.84. The zero-order valence-corrected chi connectivity index (χ0v) is 15.6. The van der Waals surface area contributed by atoms with Crippen molar-refractivity contribution in [1.82, 2.24) is 10.2 Å². The summed E-state index contributed by atoms with van der Waals surface area (Å²) < 4.78 is 5.24. The van der Waals surface area contributed by atoms with Crippen LogP contribution in [0.25, 0.3) is 0 Å². The summed E-state index contributed by atoms with van der Waals surface area (Å²) in [5.41, 5.74) is 2.29. The summed E-state index contributed by atoms with van der Waals surface area (Å²) in [7, 11) is 0. The third kappa shape index (κ3) is 6.91. The zero-order valence-electron chi connectivity index (χ0n) is 15.6. The maximum atomic E-state index is 11.6. The van der Waals surface area contributed by atoms with Gasteiger partial charge in [-0.1, -0.05) is 29.8 Å². The zero-order chi connectivity index (χ0) is 17.6. The third-order valence-corrected chi connectivity index (χ3v) is 4.35. The van der Waals surface area contributed by atoms with Crippen molar-refractivity contribution in [2.75, 3.05) is 19.6 Å². The number of alkyl carbamates (subject to hydrolysis) is 1. The molecule has 0 radical (unpaired) electrons. The number of ether oxygens (including phenoxy) is 1. The van der Waals surface area contributed by atoms with Crippen molar-refractivity contribution in [3.63, 3.8) is 0 Å². The third-order valence-electron chi connectivity index (χ3n) is 4.35. The van der Waals surface area contributed by atoms with Crippen molar-refractivity contribution in [1.29, 1.82) is 0 Å². The molecule has 4 heteroatoms. The lowest BCUT2D eigenvalue weighted by Gasteiger charge is -2.20. The first kappa shape index (κ1) is 18.8. The van der Waals surface area contributed by atoms with Crippen LogP contribution in [-0.2, 0) is 11.3 Å². The number of rotatable bonds is 6. The van der Waals surface area contributed by atoms with Crippen LogP contribution in [0.3, 0.4) is 0 Å². The Balaban J connectivity index is 1.60. The van der Waals surface area contributed by atoms with Crippen molar-refractivity contribution < 1.29 is 9.53 Å². The molecule has 0 spiro atoms. The van der Waals surface area contributed by atoms with Gasteiger partial charge in [0.15, 0.2) is 0 Å².